The smallest absolute Gasteiger partial charge is 0.191 e. The second kappa shape index (κ2) is 9.91. The van der Waals surface area contributed by atoms with Crippen LogP contribution in [0.2, 0.25) is 0 Å². The first-order valence-electron chi connectivity index (χ1n) is 7.17. The van der Waals surface area contributed by atoms with Crippen LogP contribution in [0.25, 0.3) is 0 Å². The molecule has 110 valence electrons. The summed E-state index contributed by atoms with van der Waals surface area (Å²) in [6.45, 7) is 2.98. The van der Waals surface area contributed by atoms with Gasteiger partial charge in [-0.05, 0) is 32.1 Å². The van der Waals surface area contributed by atoms with Gasteiger partial charge in [0.25, 0.3) is 0 Å². The summed E-state index contributed by atoms with van der Waals surface area (Å²) in [6.07, 6.45) is 10.2. The van der Waals surface area contributed by atoms with Gasteiger partial charge in [-0.2, -0.15) is 11.8 Å². The van der Waals surface area contributed by atoms with Crippen molar-refractivity contribution in [2.45, 2.75) is 38.5 Å². The van der Waals surface area contributed by atoms with E-state index in [1.807, 2.05) is 11.8 Å². The van der Waals surface area contributed by atoms with E-state index in [0.717, 1.165) is 32.0 Å². The van der Waals surface area contributed by atoms with Gasteiger partial charge in [-0.25, -0.2) is 0 Å². The Hall–Kier alpha value is 0.0900. The monoisotopic (exact) mass is 395 g/mol. The molecule has 0 radical (unpaired) electrons. The summed E-state index contributed by atoms with van der Waals surface area (Å²) < 4.78 is 0. The number of thioether (sulfide) groups is 1. The first-order chi connectivity index (χ1) is 8.86. The minimum Gasteiger partial charge on any atom is -0.370 e. The van der Waals surface area contributed by atoms with Crippen LogP contribution in [0.1, 0.15) is 38.5 Å². The lowest BCUT2D eigenvalue weighted by atomic mass is 10.1. The van der Waals surface area contributed by atoms with Crippen LogP contribution in [0, 0.1) is 0 Å². The zero-order valence-electron chi connectivity index (χ0n) is 11.6. The van der Waals surface area contributed by atoms with Crippen molar-refractivity contribution >= 4 is 41.7 Å². The molecule has 5 heteroatoms. The molecule has 0 amide bonds. The van der Waals surface area contributed by atoms with Crippen molar-refractivity contribution < 1.29 is 0 Å². The number of nitrogens with two attached hydrogens (primary N) is 1. The predicted octanol–water partition coefficient (Wildman–Crippen LogP) is 3.25. The van der Waals surface area contributed by atoms with E-state index < -0.39 is 0 Å². The average molecular weight is 395 g/mol. The van der Waals surface area contributed by atoms with Gasteiger partial charge in [-0.1, -0.05) is 18.1 Å². The summed E-state index contributed by atoms with van der Waals surface area (Å²) in [5, 5.41) is 0. The lowest BCUT2D eigenvalue weighted by Crippen LogP contribution is -2.42. The number of rotatable bonds is 3. The molecule has 1 heterocycles. The molecule has 1 fully saturated rings. The van der Waals surface area contributed by atoms with Crippen LogP contribution in [-0.2, 0) is 0 Å². The quantitative estimate of drug-likeness (QED) is 0.345. The van der Waals surface area contributed by atoms with Gasteiger partial charge in [0.2, 0.25) is 0 Å². The topological polar surface area (TPSA) is 41.6 Å². The van der Waals surface area contributed by atoms with Gasteiger partial charge >= 0.3 is 0 Å². The van der Waals surface area contributed by atoms with Crippen molar-refractivity contribution in [3.05, 3.63) is 11.6 Å². The van der Waals surface area contributed by atoms with Crippen LogP contribution >= 0.6 is 35.7 Å². The van der Waals surface area contributed by atoms with Crippen LogP contribution in [0.4, 0.5) is 0 Å². The summed E-state index contributed by atoms with van der Waals surface area (Å²) in [4.78, 5) is 6.76. The Morgan fingerprint density at radius 1 is 1.26 bits per heavy atom. The maximum atomic E-state index is 6.04. The van der Waals surface area contributed by atoms with E-state index in [-0.39, 0.29) is 24.0 Å². The molecule has 0 spiro atoms. The Bertz CT molecular complexity index is 312. The van der Waals surface area contributed by atoms with Crippen LogP contribution in [-0.4, -0.2) is 42.0 Å². The number of hydrogen-bond donors (Lipinski definition) is 1. The maximum Gasteiger partial charge on any atom is 0.191 e. The fraction of sp³-hybridized carbons (Fsp3) is 0.786. The Morgan fingerprint density at radius 2 is 2.05 bits per heavy atom. The van der Waals surface area contributed by atoms with Crippen LogP contribution in [0.15, 0.2) is 16.6 Å². The molecule has 0 aromatic rings. The van der Waals surface area contributed by atoms with Gasteiger partial charge in [-0.3, -0.25) is 4.99 Å². The summed E-state index contributed by atoms with van der Waals surface area (Å²) >= 11 is 2.00. The molecule has 0 aromatic carbocycles. The van der Waals surface area contributed by atoms with E-state index >= 15 is 0 Å². The third-order valence-electron chi connectivity index (χ3n) is 3.68. The van der Waals surface area contributed by atoms with Crippen molar-refractivity contribution in [1.82, 2.24) is 4.90 Å². The molecule has 1 aliphatic carbocycles. The number of nitrogens with zero attached hydrogens (tertiary/aromatic N) is 2. The molecule has 19 heavy (non-hydrogen) atoms. The predicted molar refractivity (Wildman–Crippen MR) is 96.6 cm³/mol. The number of aliphatic imine (C=N–C) groups is 1. The molecule has 0 aromatic heterocycles. The number of hydrogen-bond acceptors (Lipinski definition) is 2. The molecule has 0 bridgehead atoms. The third-order valence-corrected chi connectivity index (χ3v) is 4.62. The Morgan fingerprint density at radius 3 is 2.84 bits per heavy atom. The number of guanidine groups is 1. The Kier molecular flexibility index (Phi) is 8.94. The van der Waals surface area contributed by atoms with E-state index in [2.05, 4.69) is 16.0 Å². The molecule has 0 atom stereocenters. The molecule has 0 saturated carbocycles. The summed E-state index contributed by atoms with van der Waals surface area (Å²) in [5.74, 6) is 3.12. The summed E-state index contributed by atoms with van der Waals surface area (Å²) in [5.41, 5.74) is 7.64. The van der Waals surface area contributed by atoms with E-state index in [0.29, 0.717) is 0 Å². The van der Waals surface area contributed by atoms with Crippen molar-refractivity contribution in [1.29, 1.82) is 0 Å². The van der Waals surface area contributed by atoms with Crippen LogP contribution in [0.5, 0.6) is 0 Å². The van der Waals surface area contributed by atoms with Gasteiger partial charge in [0.05, 0.1) is 0 Å². The summed E-state index contributed by atoms with van der Waals surface area (Å²) in [7, 11) is 0. The molecule has 1 saturated heterocycles. The average Bonchev–Trinajstić information content (AvgIpc) is 2.68. The molecule has 3 nitrogen and oxygen atoms in total. The molecule has 2 N–H and O–H groups in total. The van der Waals surface area contributed by atoms with Crippen molar-refractivity contribution in [2.24, 2.45) is 10.7 Å². The fourth-order valence-corrected chi connectivity index (χ4v) is 3.42. The SMILES string of the molecule is I.NC(=NCCC1=CCCCCC1)N1CCSCC1. The highest BCUT2D eigenvalue weighted by Crippen LogP contribution is 2.19. The van der Waals surface area contributed by atoms with Gasteiger partial charge in [0.1, 0.15) is 0 Å². The first-order valence-corrected chi connectivity index (χ1v) is 8.32. The second-order valence-electron chi connectivity index (χ2n) is 5.05. The fourth-order valence-electron chi connectivity index (χ4n) is 2.51. The highest BCUT2D eigenvalue weighted by Gasteiger charge is 2.11. The minimum atomic E-state index is 0. The van der Waals surface area contributed by atoms with E-state index in [1.165, 1.54) is 43.6 Å². The standard InChI is InChI=1S/C14H25N3S.HI/c15-14(17-9-11-18-12-10-17)16-8-7-13-5-3-1-2-4-6-13;/h5H,1-4,6-12H2,(H2,15,16);1H. The number of allylic oxidation sites excluding steroid dienone is 1. The molecule has 2 aliphatic rings. The lowest BCUT2D eigenvalue weighted by molar-refractivity contribution is 0.456. The van der Waals surface area contributed by atoms with Crippen molar-refractivity contribution in [2.75, 3.05) is 31.1 Å². The highest BCUT2D eigenvalue weighted by atomic mass is 127. The van der Waals surface area contributed by atoms with Crippen molar-refractivity contribution in [3.8, 4) is 0 Å². The van der Waals surface area contributed by atoms with Gasteiger partial charge < -0.3 is 10.6 Å². The van der Waals surface area contributed by atoms with Crippen LogP contribution in [0.3, 0.4) is 0 Å². The van der Waals surface area contributed by atoms with E-state index in [9.17, 15) is 0 Å². The third kappa shape index (κ3) is 6.38. The molecule has 0 unspecified atom stereocenters. The zero-order valence-corrected chi connectivity index (χ0v) is 14.8. The Labute approximate surface area is 138 Å². The highest BCUT2D eigenvalue weighted by molar-refractivity contribution is 14.0. The van der Waals surface area contributed by atoms with Gasteiger partial charge in [-0.15, -0.1) is 24.0 Å². The molecular formula is C14H26IN3S. The van der Waals surface area contributed by atoms with E-state index in [4.69, 9.17) is 5.73 Å². The largest absolute Gasteiger partial charge is 0.370 e. The summed E-state index contributed by atoms with van der Waals surface area (Å²) in [6, 6.07) is 0. The first kappa shape index (κ1) is 17.1. The molecule has 2 rings (SSSR count). The maximum absolute atomic E-state index is 6.04. The lowest BCUT2D eigenvalue weighted by Gasteiger charge is -2.27. The molecule has 1 aliphatic heterocycles. The second-order valence-corrected chi connectivity index (χ2v) is 6.28. The van der Waals surface area contributed by atoms with Gasteiger partial charge in [0.15, 0.2) is 5.96 Å². The van der Waals surface area contributed by atoms with Crippen molar-refractivity contribution in [3.63, 3.8) is 0 Å². The Balaban J connectivity index is 0.00000180. The zero-order chi connectivity index (χ0) is 12.6. The minimum absolute atomic E-state index is 0. The number of halogens is 1. The van der Waals surface area contributed by atoms with E-state index in [1.54, 1.807) is 5.57 Å². The molecular weight excluding hydrogens is 369 g/mol. The normalized spacial score (nSPS) is 21.4. The van der Waals surface area contributed by atoms with Gasteiger partial charge in [0, 0.05) is 31.1 Å². The van der Waals surface area contributed by atoms with Crippen LogP contribution < -0.4 is 5.73 Å².